The van der Waals surface area contributed by atoms with Gasteiger partial charge in [0.15, 0.2) is 5.78 Å². The number of carbonyl (C=O) groups excluding carboxylic acids is 1. The van der Waals surface area contributed by atoms with Gasteiger partial charge in [0.1, 0.15) is 0 Å². The lowest BCUT2D eigenvalue weighted by Gasteiger charge is -2.15. The Kier molecular flexibility index (Phi) is 6.87. The van der Waals surface area contributed by atoms with Gasteiger partial charge in [-0.15, -0.1) is 11.3 Å². The maximum Gasteiger partial charge on any atom is 0.178 e. The van der Waals surface area contributed by atoms with Gasteiger partial charge in [0.2, 0.25) is 0 Å². The van der Waals surface area contributed by atoms with Gasteiger partial charge in [-0.25, -0.2) is 0 Å². The van der Waals surface area contributed by atoms with Gasteiger partial charge >= 0.3 is 0 Å². The molecule has 0 saturated carbocycles. The molecule has 0 aliphatic rings. The van der Waals surface area contributed by atoms with Crippen molar-refractivity contribution in [3.05, 3.63) is 19.2 Å². The van der Waals surface area contributed by atoms with E-state index in [2.05, 4.69) is 31.9 Å². The summed E-state index contributed by atoms with van der Waals surface area (Å²) in [6.45, 7) is 4.52. The average Bonchev–Trinajstić information content (AvgIpc) is 2.58. The van der Waals surface area contributed by atoms with E-state index in [1.54, 1.807) is 0 Å². The molecule has 0 saturated heterocycles. The lowest BCUT2D eigenvalue weighted by atomic mass is 10.2. The zero-order valence-electron chi connectivity index (χ0n) is 9.83. The van der Waals surface area contributed by atoms with E-state index in [1.165, 1.54) is 11.3 Å². The first-order valence-corrected chi connectivity index (χ1v) is 7.69. The maximum atomic E-state index is 12.0. The first-order chi connectivity index (χ1) is 8.04. The highest BCUT2D eigenvalue weighted by atomic mass is 79.9. The molecule has 0 atom stereocenters. The van der Waals surface area contributed by atoms with Gasteiger partial charge in [0, 0.05) is 18.7 Å². The number of nitrogens with zero attached hydrogens (tertiary/aromatic N) is 1. The van der Waals surface area contributed by atoms with Crippen molar-refractivity contribution in [3.8, 4) is 0 Å². The highest BCUT2D eigenvalue weighted by Crippen LogP contribution is 2.32. The molecule has 0 N–H and O–H groups in total. The quantitative estimate of drug-likeness (QED) is 0.532. The van der Waals surface area contributed by atoms with Gasteiger partial charge < -0.3 is 4.74 Å². The molecule has 3 nitrogen and oxygen atoms in total. The van der Waals surface area contributed by atoms with Gasteiger partial charge in [-0.1, -0.05) is 0 Å². The molecule has 0 amide bonds. The molecule has 1 heterocycles. The van der Waals surface area contributed by atoms with Crippen LogP contribution in [0.3, 0.4) is 0 Å². The van der Waals surface area contributed by atoms with Crippen molar-refractivity contribution in [1.82, 2.24) is 4.90 Å². The number of Topliss-reactive ketones (excluding diaryl/α,β-unsaturated/α-hetero) is 1. The Morgan fingerprint density at radius 2 is 2.24 bits per heavy atom. The molecular weight excluding hydrogens is 370 g/mol. The van der Waals surface area contributed by atoms with Crippen LogP contribution in [-0.4, -0.2) is 44.0 Å². The fraction of sp³-hybridized carbons (Fsp3) is 0.545. The largest absolute Gasteiger partial charge is 0.380 e. The van der Waals surface area contributed by atoms with E-state index in [1.807, 2.05) is 24.9 Å². The number of carbonyl (C=O) groups is 1. The van der Waals surface area contributed by atoms with Crippen molar-refractivity contribution in [2.24, 2.45) is 0 Å². The topological polar surface area (TPSA) is 29.5 Å². The van der Waals surface area contributed by atoms with Crippen LogP contribution in [0.4, 0.5) is 0 Å². The monoisotopic (exact) mass is 383 g/mol. The van der Waals surface area contributed by atoms with Crippen LogP contribution in [0.5, 0.6) is 0 Å². The summed E-state index contributed by atoms with van der Waals surface area (Å²) in [5.74, 6) is 0.123. The number of rotatable bonds is 7. The summed E-state index contributed by atoms with van der Waals surface area (Å²) < 4.78 is 7.10. The fourth-order valence-electron chi connectivity index (χ4n) is 1.30. The van der Waals surface area contributed by atoms with Crippen LogP contribution >= 0.6 is 43.2 Å². The minimum Gasteiger partial charge on any atom is -0.380 e. The summed E-state index contributed by atoms with van der Waals surface area (Å²) in [5.41, 5.74) is 0.741. The molecule has 6 heteroatoms. The predicted octanol–water partition coefficient (Wildman–Crippen LogP) is 3.42. The molecule has 0 bridgehead atoms. The van der Waals surface area contributed by atoms with E-state index in [0.717, 1.165) is 19.7 Å². The number of hydrogen-bond donors (Lipinski definition) is 0. The molecule has 0 aromatic carbocycles. The smallest absolute Gasteiger partial charge is 0.178 e. The van der Waals surface area contributed by atoms with Gasteiger partial charge in [-0.05, 0) is 51.9 Å². The Morgan fingerprint density at radius 3 is 2.76 bits per heavy atom. The summed E-state index contributed by atoms with van der Waals surface area (Å²) in [5, 5.41) is 0. The molecule has 96 valence electrons. The third kappa shape index (κ3) is 5.18. The van der Waals surface area contributed by atoms with Gasteiger partial charge in [-0.3, -0.25) is 9.69 Å². The zero-order valence-corrected chi connectivity index (χ0v) is 13.8. The van der Waals surface area contributed by atoms with Crippen molar-refractivity contribution >= 4 is 49.0 Å². The summed E-state index contributed by atoms with van der Waals surface area (Å²) in [4.78, 5) is 14.0. The van der Waals surface area contributed by atoms with Crippen LogP contribution in [0.1, 0.15) is 17.3 Å². The maximum absolute atomic E-state index is 12.0. The van der Waals surface area contributed by atoms with Crippen LogP contribution < -0.4 is 0 Å². The van der Waals surface area contributed by atoms with E-state index in [4.69, 9.17) is 4.74 Å². The summed E-state index contributed by atoms with van der Waals surface area (Å²) in [6, 6.07) is 1.85. The predicted molar refractivity (Wildman–Crippen MR) is 78.0 cm³/mol. The summed E-state index contributed by atoms with van der Waals surface area (Å²) in [6.07, 6.45) is 0. The second-order valence-corrected chi connectivity index (χ2v) is 7.35. The van der Waals surface area contributed by atoms with Gasteiger partial charge in [0.25, 0.3) is 0 Å². The Morgan fingerprint density at radius 1 is 1.53 bits per heavy atom. The third-order valence-electron chi connectivity index (χ3n) is 2.19. The molecule has 0 aliphatic heterocycles. The molecule has 0 spiro atoms. The Bertz CT molecular complexity index is 382. The van der Waals surface area contributed by atoms with Crippen LogP contribution in [0.2, 0.25) is 0 Å². The number of likely N-dealkylation sites (N-methyl/N-ethyl adjacent to an activating group) is 1. The first kappa shape index (κ1) is 15.3. The van der Waals surface area contributed by atoms with Crippen LogP contribution in [0.15, 0.2) is 13.6 Å². The molecule has 0 unspecified atom stereocenters. The van der Waals surface area contributed by atoms with E-state index in [0.29, 0.717) is 19.8 Å². The van der Waals surface area contributed by atoms with Crippen molar-refractivity contribution in [2.75, 3.05) is 33.4 Å². The van der Waals surface area contributed by atoms with E-state index in [-0.39, 0.29) is 5.78 Å². The highest BCUT2D eigenvalue weighted by molar-refractivity contribution is 9.12. The second kappa shape index (κ2) is 7.63. The number of hydrogen-bond acceptors (Lipinski definition) is 4. The number of thiophene rings is 1. The minimum atomic E-state index is 0.123. The standard InChI is InChI=1S/C11H15Br2NO2S/c1-3-16-5-4-14(2)7-9(15)8-6-10(12)17-11(8)13/h6H,3-5,7H2,1-2H3. The molecule has 0 radical (unpaired) electrons. The van der Waals surface area contributed by atoms with Crippen molar-refractivity contribution in [2.45, 2.75) is 6.92 Å². The lowest BCUT2D eigenvalue weighted by molar-refractivity contribution is 0.0896. The van der Waals surface area contributed by atoms with Crippen molar-refractivity contribution in [3.63, 3.8) is 0 Å². The molecule has 17 heavy (non-hydrogen) atoms. The fourth-order valence-corrected chi connectivity index (χ4v) is 4.16. The summed E-state index contributed by atoms with van der Waals surface area (Å²) >= 11 is 8.28. The normalized spacial score (nSPS) is 11.1. The zero-order chi connectivity index (χ0) is 12.8. The number of halogens is 2. The molecule has 1 aromatic rings. The van der Waals surface area contributed by atoms with Crippen molar-refractivity contribution in [1.29, 1.82) is 0 Å². The van der Waals surface area contributed by atoms with Crippen LogP contribution in [0, 0.1) is 0 Å². The highest BCUT2D eigenvalue weighted by Gasteiger charge is 2.15. The lowest BCUT2D eigenvalue weighted by Crippen LogP contribution is -2.29. The number of ether oxygens (including phenoxy) is 1. The minimum absolute atomic E-state index is 0.123. The van der Waals surface area contributed by atoms with E-state index >= 15 is 0 Å². The van der Waals surface area contributed by atoms with Crippen LogP contribution in [-0.2, 0) is 4.74 Å². The van der Waals surface area contributed by atoms with Crippen LogP contribution in [0.25, 0.3) is 0 Å². The average molecular weight is 385 g/mol. The van der Waals surface area contributed by atoms with Gasteiger partial charge in [-0.2, -0.15) is 0 Å². The Balaban J connectivity index is 2.46. The first-order valence-electron chi connectivity index (χ1n) is 5.29. The van der Waals surface area contributed by atoms with E-state index in [9.17, 15) is 4.79 Å². The SMILES string of the molecule is CCOCCN(C)CC(=O)c1cc(Br)sc1Br. The Hall–Kier alpha value is 0.250. The third-order valence-corrected chi connectivity index (χ3v) is 4.53. The second-order valence-electron chi connectivity index (χ2n) is 3.60. The van der Waals surface area contributed by atoms with Crippen molar-refractivity contribution < 1.29 is 9.53 Å². The molecule has 0 aliphatic carbocycles. The summed E-state index contributed by atoms with van der Waals surface area (Å²) in [7, 11) is 1.92. The molecule has 0 fully saturated rings. The Labute approximate surface area is 122 Å². The molecular formula is C11H15Br2NO2S. The number of ketones is 1. The molecule has 1 aromatic heterocycles. The molecule has 1 rings (SSSR count). The van der Waals surface area contributed by atoms with E-state index < -0.39 is 0 Å². The van der Waals surface area contributed by atoms with Gasteiger partial charge in [0.05, 0.1) is 20.7 Å².